The summed E-state index contributed by atoms with van der Waals surface area (Å²) in [5.41, 5.74) is 1.76. The van der Waals surface area contributed by atoms with Crippen LogP contribution in [0.3, 0.4) is 0 Å². The zero-order valence-corrected chi connectivity index (χ0v) is 19.7. The Morgan fingerprint density at radius 2 is 1.82 bits per heavy atom. The number of benzene rings is 1. The number of nitrogens with zero attached hydrogens (tertiary/aromatic N) is 1. The van der Waals surface area contributed by atoms with E-state index in [2.05, 4.69) is 10.3 Å². The lowest BCUT2D eigenvalue weighted by Crippen LogP contribution is -2.49. The molecule has 1 atom stereocenters. The van der Waals surface area contributed by atoms with Crippen LogP contribution in [0.5, 0.6) is 0 Å². The number of H-pyrrole nitrogens is 1. The molecule has 1 unspecified atom stereocenters. The number of thiophene rings is 1. The van der Waals surface area contributed by atoms with E-state index in [-0.39, 0.29) is 18.4 Å². The van der Waals surface area contributed by atoms with Gasteiger partial charge in [0.15, 0.2) is 6.04 Å². The van der Waals surface area contributed by atoms with E-state index in [0.717, 1.165) is 16.1 Å². The number of hydrogen-bond acceptors (Lipinski definition) is 4. The molecule has 1 aromatic carbocycles. The number of nitrogens with one attached hydrogen (secondary N) is 2. The maximum absolute atomic E-state index is 13.8. The van der Waals surface area contributed by atoms with Crippen LogP contribution in [0.25, 0.3) is 11.3 Å². The fraction of sp³-hybridized carbons (Fsp3) is 0.231. The van der Waals surface area contributed by atoms with Gasteiger partial charge in [0.2, 0.25) is 0 Å². The quantitative estimate of drug-likeness (QED) is 0.374. The second-order valence-corrected chi connectivity index (χ2v) is 9.85. The van der Waals surface area contributed by atoms with Gasteiger partial charge in [0.05, 0.1) is 12.8 Å². The van der Waals surface area contributed by atoms with Crippen molar-refractivity contribution in [2.24, 2.45) is 0 Å². The van der Waals surface area contributed by atoms with Crippen LogP contribution in [-0.2, 0) is 11.3 Å². The van der Waals surface area contributed by atoms with Crippen molar-refractivity contribution in [2.45, 2.75) is 38.9 Å². The minimum absolute atomic E-state index is 0.277. The Labute approximate surface area is 197 Å². The molecule has 2 amide bonds. The molecule has 0 radical (unpaired) electrons. The molecular weight excluding hydrogens is 434 g/mol. The van der Waals surface area contributed by atoms with Crippen LogP contribution in [0, 0.1) is 0 Å². The first-order valence-electron chi connectivity index (χ1n) is 10.7. The van der Waals surface area contributed by atoms with Crippen LogP contribution in [-0.4, -0.2) is 27.2 Å². The normalized spacial score (nSPS) is 12.3. The van der Waals surface area contributed by atoms with Gasteiger partial charge in [-0.3, -0.25) is 9.59 Å². The Kier molecular flexibility index (Phi) is 6.51. The molecule has 170 valence electrons. The van der Waals surface area contributed by atoms with E-state index in [0.29, 0.717) is 11.5 Å². The van der Waals surface area contributed by atoms with Crippen molar-refractivity contribution in [3.8, 4) is 11.3 Å². The third kappa shape index (κ3) is 5.43. The molecule has 33 heavy (non-hydrogen) atoms. The summed E-state index contributed by atoms with van der Waals surface area (Å²) in [7, 11) is 0. The Bertz CT molecular complexity index is 1190. The second kappa shape index (κ2) is 9.50. The van der Waals surface area contributed by atoms with Crippen LogP contribution in [0.15, 0.2) is 82.8 Å². The summed E-state index contributed by atoms with van der Waals surface area (Å²) in [6.07, 6.45) is 1.52. The summed E-state index contributed by atoms with van der Waals surface area (Å²) in [6.45, 7) is 6.00. The van der Waals surface area contributed by atoms with Gasteiger partial charge in [-0.2, -0.15) is 0 Å². The lowest BCUT2D eigenvalue weighted by molar-refractivity contribution is -0.128. The molecule has 2 N–H and O–H groups in total. The molecule has 0 aliphatic heterocycles. The number of carbonyl (C=O) groups excluding carboxylic acids is 2. The van der Waals surface area contributed by atoms with Crippen molar-refractivity contribution in [1.82, 2.24) is 15.2 Å². The summed E-state index contributed by atoms with van der Waals surface area (Å²) >= 11 is 1.54. The van der Waals surface area contributed by atoms with E-state index in [4.69, 9.17) is 4.42 Å². The number of hydrogen-bond donors (Lipinski definition) is 2. The molecule has 7 heteroatoms. The molecule has 0 saturated heterocycles. The van der Waals surface area contributed by atoms with E-state index in [1.807, 2.05) is 74.7 Å². The minimum Gasteiger partial charge on any atom is -0.467 e. The van der Waals surface area contributed by atoms with Crippen molar-refractivity contribution in [3.63, 3.8) is 0 Å². The molecule has 4 aromatic rings. The smallest absolute Gasteiger partial charge is 0.271 e. The van der Waals surface area contributed by atoms with Gasteiger partial charge in [-0.05, 0) is 62.0 Å². The Morgan fingerprint density at radius 1 is 1.03 bits per heavy atom. The number of carbonyl (C=O) groups is 2. The first kappa shape index (κ1) is 22.6. The highest BCUT2D eigenvalue weighted by atomic mass is 32.1. The van der Waals surface area contributed by atoms with Gasteiger partial charge >= 0.3 is 0 Å². The third-order valence-corrected chi connectivity index (χ3v) is 5.90. The Hall–Kier alpha value is -3.58. The van der Waals surface area contributed by atoms with Gasteiger partial charge in [0.1, 0.15) is 11.5 Å². The molecule has 3 heterocycles. The topological polar surface area (TPSA) is 78.3 Å². The highest BCUT2D eigenvalue weighted by Gasteiger charge is 2.36. The van der Waals surface area contributed by atoms with Crippen LogP contribution in [0.4, 0.5) is 0 Å². The fourth-order valence-electron chi connectivity index (χ4n) is 3.62. The monoisotopic (exact) mass is 461 g/mol. The van der Waals surface area contributed by atoms with Gasteiger partial charge in [0, 0.05) is 16.1 Å². The van der Waals surface area contributed by atoms with Crippen LogP contribution < -0.4 is 5.32 Å². The lowest BCUT2D eigenvalue weighted by atomic mass is 10.1. The average molecular weight is 462 g/mol. The summed E-state index contributed by atoms with van der Waals surface area (Å²) in [6, 6.07) is 19.9. The Morgan fingerprint density at radius 3 is 2.45 bits per heavy atom. The molecule has 6 nitrogen and oxygen atoms in total. The number of furan rings is 1. The van der Waals surface area contributed by atoms with Crippen LogP contribution in [0.1, 0.15) is 47.9 Å². The maximum atomic E-state index is 13.8. The van der Waals surface area contributed by atoms with Crippen molar-refractivity contribution < 1.29 is 14.0 Å². The summed E-state index contributed by atoms with van der Waals surface area (Å²) in [5.74, 6) is -0.162. The zero-order valence-electron chi connectivity index (χ0n) is 18.9. The number of rotatable bonds is 7. The number of aromatic amines is 1. The number of amides is 2. The average Bonchev–Trinajstić information content (AvgIpc) is 3.54. The molecule has 4 rings (SSSR count). The van der Waals surface area contributed by atoms with Gasteiger partial charge in [-0.1, -0.05) is 36.4 Å². The summed E-state index contributed by atoms with van der Waals surface area (Å²) in [5, 5.41) is 4.96. The van der Waals surface area contributed by atoms with Crippen molar-refractivity contribution in [2.75, 3.05) is 0 Å². The van der Waals surface area contributed by atoms with E-state index in [1.165, 1.54) is 17.6 Å². The largest absolute Gasteiger partial charge is 0.467 e. The van der Waals surface area contributed by atoms with Crippen molar-refractivity contribution in [1.29, 1.82) is 0 Å². The predicted octanol–water partition coefficient (Wildman–Crippen LogP) is 5.63. The minimum atomic E-state index is -0.919. The fourth-order valence-corrected chi connectivity index (χ4v) is 4.32. The van der Waals surface area contributed by atoms with Gasteiger partial charge in [-0.25, -0.2) is 0 Å². The molecule has 3 aromatic heterocycles. The molecule has 0 spiro atoms. The van der Waals surface area contributed by atoms with Gasteiger partial charge in [-0.15, -0.1) is 11.3 Å². The second-order valence-electron chi connectivity index (χ2n) is 8.82. The molecule has 0 saturated carbocycles. The van der Waals surface area contributed by atoms with Crippen molar-refractivity contribution >= 4 is 23.2 Å². The molecule has 0 fully saturated rings. The first-order chi connectivity index (χ1) is 15.8. The maximum Gasteiger partial charge on any atom is 0.271 e. The van der Waals surface area contributed by atoms with E-state index in [9.17, 15) is 9.59 Å². The summed E-state index contributed by atoms with van der Waals surface area (Å²) in [4.78, 5) is 33.0. The van der Waals surface area contributed by atoms with Crippen LogP contribution >= 0.6 is 11.3 Å². The standard InChI is InChI=1S/C26H27N3O3S/c1-26(2,3)28-24(30)23(22-12-7-15-32-22)29(17-19-11-8-16-33-19)25(31)21-14-13-20(27-21)18-9-5-4-6-10-18/h4-16,23,27H,17H2,1-3H3,(H,28,30). The SMILES string of the molecule is CC(C)(C)NC(=O)C(c1ccco1)N(Cc1cccs1)C(=O)c1ccc(-c2ccccc2)[nH]1. The van der Waals surface area contributed by atoms with Gasteiger partial charge in [0.25, 0.3) is 11.8 Å². The molecule has 0 bridgehead atoms. The van der Waals surface area contributed by atoms with E-state index in [1.54, 1.807) is 23.1 Å². The van der Waals surface area contributed by atoms with Gasteiger partial charge < -0.3 is 19.6 Å². The number of aromatic nitrogens is 1. The van der Waals surface area contributed by atoms with E-state index < -0.39 is 11.6 Å². The predicted molar refractivity (Wildman–Crippen MR) is 130 cm³/mol. The molecule has 0 aliphatic carbocycles. The zero-order chi connectivity index (χ0) is 23.4. The highest BCUT2D eigenvalue weighted by molar-refractivity contribution is 7.09. The highest BCUT2D eigenvalue weighted by Crippen LogP contribution is 2.29. The van der Waals surface area contributed by atoms with Crippen molar-refractivity contribution in [3.05, 3.63) is 94.7 Å². The molecule has 0 aliphatic rings. The summed E-state index contributed by atoms with van der Waals surface area (Å²) < 4.78 is 5.63. The third-order valence-electron chi connectivity index (χ3n) is 5.04. The van der Waals surface area contributed by atoms with Crippen LogP contribution in [0.2, 0.25) is 0 Å². The lowest BCUT2D eigenvalue weighted by Gasteiger charge is -2.32. The first-order valence-corrected chi connectivity index (χ1v) is 11.6. The molecular formula is C26H27N3O3S. The Balaban J connectivity index is 1.72. The van der Waals surface area contributed by atoms with E-state index >= 15 is 0 Å².